The Morgan fingerprint density at radius 1 is 0.973 bits per heavy atom. The van der Waals surface area contributed by atoms with Gasteiger partial charge < -0.3 is 5.11 Å². The highest BCUT2D eigenvalue weighted by Crippen LogP contribution is 2.48. The van der Waals surface area contributed by atoms with Crippen LogP contribution in [0.15, 0.2) is 42.5 Å². The molecule has 1 unspecified atom stereocenters. The molecule has 1 N–H and O–H groups in total. The van der Waals surface area contributed by atoms with Crippen LogP contribution in [-0.2, 0) is 19.0 Å². The minimum absolute atomic E-state index is 0.168. The third-order valence-electron chi connectivity index (χ3n) is 7.78. The zero-order valence-corrected chi connectivity index (χ0v) is 20.9. The van der Waals surface area contributed by atoms with Gasteiger partial charge in [-0.3, -0.25) is 4.98 Å². The molecule has 0 bridgehead atoms. The number of nitrogens with zero attached hydrogens (tertiary/aromatic N) is 1. The molecule has 1 fully saturated rings. The Kier molecular flexibility index (Phi) is 6.63. The Balaban J connectivity index is 1.75. The Morgan fingerprint density at radius 2 is 1.65 bits per heavy atom. The van der Waals surface area contributed by atoms with E-state index in [9.17, 15) is 27.1 Å². The van der Waals surface area contributed by atoms with Crippen LogP contribution in [-0.4, -0.2) is 10.1 Å². The van der Waals surface area contributed by atoms with Crippen molar-refractivity contribution in [2.75, 3.05) is 0 Å². The van der Waals surface area contributed by atoms with E-state index in [1.54, 1.807) is 0 Å². The first kappa shape index (κ1) is 25.8. The van der Waals surface area contributed by atoms with Gasteiger partial charge in [0.05, 0.1) is 11.7 Å². The lowest BCUT2D eigenvalue weighted by Crippen LogP contribution is -2.28. The van der Waals surface area contributed by atoms with Crippen LogP contribution in [0.25, 0.3) is 11.1 Å². The fraction of sp³-hybridized carbons (Fsp3) is 0.433. The number of aromatic nitrogens is 1. The molecule has 2 aromatic carbocycles. The van der Waals surface area contributed by atoms with E-state index >= 15 is 0 Å². The fourth-order valence-corrected chi connectivity index (χ4v) is 6.07. The third kappa shape index (κ3) is 5.15. The highest BCUT2D eigenvalue weighted by atomic mass is 19.4. The molecule has 1 atom stereocenters. The van der Waals surface area contributed by atoms with E-state index in [2.05, 4.69) is 13.8 Å². The first-order valence-electron chi connectivity index (χ1n) is 12.8. The zero-order chi connectivity index (χ0) is 26.5. The number of benzene rings is 2. The summed E-state index contributed by atoms with van der Waals surface area (Å²) in [7, 11) is 0. The molecule has 1 saturated carbocycles. The fourth-order valence-electron chi connectivity index (χ4n) is 6.07. The summed E-state index contributed by atoms with van der Waals surface area (Å²) >= 11 is 0. The van der Waals surface area contributed by atoms with Crippen molar-refractivity contribution >= 4 is 0 Å². The zero-order valence-electron chi connectivity index (χ0n) is 20.9. The van der Waals surface area contributed by atoms with Gasteiger partial charge in [-0.2, -0.15) is 13.2 Å². The van der Waals surface area contributed by atoms with Gasteiger partial charge in [0, 0.05) is 22.9 Å². The topological polar surface area (TPSA) is 33.1 Å². The Hall–Kier alpha value is -2.80. The van der Waals surface area contributed by atoms with E-state index in [-0.39, 0.29) is 17.8 Å². The maximum absolute atomic E-state index is 14.5. The lowest BCUT2D eigenvalue weighted by molar-refractivity contribution is -0.137. The van der Waals surface area contributed by atoms with Crippen molar-refractivity contribution in [3.63, 3.8) is 0 Å². The van der Waals surface area contributed by atoms with E-state index < -0.39 is 29.5 Å². The van der Waals surface area contributed by atoms with Gasteiger partial charge in [-0.15, -0.1) is 0 Å². The SMILES string of the molecule is CC1(C)Cc2nc(C3CCCC3)c(Cc3ccc(C(F)(F)F)cc3)c(-c3ccc(F)c(F)c3)c2C(O)C1. The van der Waals surface area contributed by atoms with Gasteiger partial charge in [0.25, 0.3) is 0 Å². The van der Waals surface area contributed by atoms with Gasteiger partial charge in [0.1, 0.15) is 0 Å². The molecule has 2 aliphatic rings. The number of rotatable bonds is 4. The van der Waals surface area contributed by atoms with E-state index in [0.29, 0.717) is 35.1 Å². The van der Waals surface area contributed by atoms with Crippen LogP contribution < -0.4 is 0 Å². The second kappa shape index (κ2) is 9.50. The largest absolute Gasteiger partial charge is 0.416 e. The summed E-state index contributed by atoms with van der Waals surface area (Å²) in [6.45, 7) is 4.15. The second-order valence-corrected chi connectivity index (χ2v) is 11.3. The summed E-state index contributed by atoms with van der Waals surface area (Å²) in [6, 6.07) is 8.76. The standard InChI is InChI=1S/C30H30F5NO/c1-29(2)15-24-27(25(37)16-29)26(19-9-12-22(31)23(32)14-19)21(28(36-24)18-5-3-4-6-18)13-17-7-10-20(11-8-17)30(33,34)35/h7-12,14,18,25,37H,3-6,13,15-16H2,1-2H3. The molecular formula is C30H30F5NO. The number of pyridine rings is 1. The molecule has 0 aliphatic heterocycles. The summed E-state index contributed by atoms with van der Waals surface area (Å²) in [6.07, 6.45) is 0.0957. The third-order valence-corrected chi connectivity index (χ3v) is 7.78. The van der Waals surface area contributed by atoms with Gasteiger partial charge in [-0.05, 0) is 84.0 Å². The van der Waals surface area contributed by atoms with Crippen molar-refractivity contribution < 1.29 is 27.1 Å². The minimum atomic E-state index is -4.44. The summed E-state index contributed by atoms with van der Waals surface area (Å²) in [4.78, 5) is 5.11. The van der Waals surface area contributed by atoms with Gasteiger partial charge >= 0.3 is 6.18 Å². The van der Waals surface area contributed by atoms with Crippen LogP contribution >= 0.6 is 0 Å². The van der Waals surface area contributed by atoms with E-state index in [0.717, 1.165) is 66.9 Å². The van der Waals surface area contributed by atoms with Crippen molar-refractivity contribution in [1.29, 1.82) is 0 Å². The first-order chi connectivity index (χ1) is 17.4. The lowest BCUT2D eigenvalue weighted by Gasteiger charge is -2.37. The van der Waals surface area contributed by atoms with Crippen LogP contribution in [0.1, 0.15) is 91.6 Å². The number of hydrogen-bond donors (Lipinski definition) is 1. The predicted octanol–water partition coefficient (Wildman–Crippen LogP) is 8.30. The monoisotopic (exact) mass is 515 g/mol. The first-order valence-corrected chi connectivity index (χ1v) is 12.8. The lowest BCUT2D eigenvalue weighted by atomic mass is 9.71. The van der Waals surface area contributed by atoms with Crippen molar-refractivity contribution in [3.8, 4) is 11.1 Å². The Labute approximate surface area is 213 Å². The smallest absolute Gasteiger partial charge is 0.388 e. The number of aliphatic hydroxyl groups is 1. The maximum Gasteiger partial charge on any atom is 0.416 e. The quantitative estimate of drug-likeness (QED) is 0.355. The molecule has 2 aliphatic carbocycles. The molecule has 0 radical (unpaired) electrons. The average Bonchev–Trinajstić information content (AvgIpc) is 3.35. The number of halogens is 5. The van der Waals surface area contributed by atoms with Gasteiger partial charge in [-0.25, -0.2) is 8.78 Å². The number of aliphatic hydroxyl groups excluding tert-OH is 1. The van der Waals surface area contributed by atoms with E-state index in [1.807, 2.05) is 0 Å². The molecule has 0 saturated heterocycles. The van der Waals surface area contributed by atoms with Crippen molar-refractivity contribution in [3.05, 3.63) is 87.7 Å². The molecule has 0 spiro atoms. The van der Waals surface area contributed by atoms with Gasteiger partial charge in [0.2, 0.25) is 0 Å². The molecule has 37 heavy (non-hydrogen) atoms. The van der Waals surface area contributed by atoms with E-state index in [4.69, 9.17) is 4.98 Å². The maximum atomic E-state index is 14.5. The molecule has 5 rings (SSSR count). The average molecular weight is 516 g/mol. The number of alkyl halides is 3. The van der Waals surface area contributed by atoms with Crippen LogP contribution in [0, 0.1) is 17.0 Å². The van der Waals surface area contributed by atoms with Crippen LogP contribution in [0.4, 0.5) is 22.0 Å². The molecule has 3 aromatic rings. The molecule has 196 valence electrons. The van der Waals surface area contributed by atoms with Crippen molar-refractivity contribution in [2.45, 2.75) is 77.0 Å². The minimum Gasteiger partial charge on any atom is -0.388 e. The number of fused-ring (bicyclic) bond motifs is 1. The van der Waals surface area contributed by atoms with Crippen LogP contribution in [0.5, 0.6) is 0 Å². The molecule has 1 aromatic heterocycles. The van der Waals surface area contributed by atoms with Gasteiger partial charge in [-0.1, -0.05) is 44.9 Å². The molecule has 0 amide bonds. The van der Waals surface area contributed by atoms with Crippen molar-refractivity contribution in [2.24, 2.45) is 5.41 Å². The molecule has 1 heterocycles. The molecular weight excluding hydrogens is 485 g/mol. The summed E-state index contributed by atoms with van der Waals surface area (Å²) in [5.74, 6) is -1.79. The summed E-state index contributed by atoms with van der Waals surface area (Å²) in [5, 5.41) is 11.3. The highest BCUT2D eigenvalue weighted by molar-refractivity contribution is 5.74. The predicted molar refractivity (Wildman–Crippen MR) is 132 cm³/mol. The normalized spacial score (nSPS) is 19.7. The second-order valence-electron chi connectivity index (χ2n) is 11.3. The van der Waals surface area contributed by atoms with Crippen LogP contribution in [0.3, 0.4) is 0 Å². The number of hydrogen-bond acceptors (Lipinski definition) is 2. The van der Waals surface area contributed by atoms with Crippen molar-refractivity contribution in [1.82, 2.24) is 4.98 Å². The Morgan fingerprint density at radius 3 is 2.27 bits per heavy atom. The van der Waals surface area contributed by atoms with E-state index in [1.165, 1.54) is 18.2 Å². The molecule has 2 nitrogen and oxygen atoms in total. The summed E-state index contributed by atoms with van der Waals surface area (Å²) < 4.78 is 67.9. The summed E-state index contributed by atoms with van der Waals surface area (Å²) in [5.41, 5.74) is 3.84. The highest BCUT2D eigenvalue weighted by Gasteiger charge is 2.37. The molecule has 7 heteroatoms. The van der Waals surface area contributed by atoms with Gasteiger partial charge in [0.15, 0.2) is 11.6 Å². The Bertz CT molecular complexity index is 1310. The van der Waals surface area contributed by atoms with Crippen LogP contribution in [0.2, 0.25) is 0 Å².